The fraction of sp³-hybridized carbons (Fsp3) is 0.200. The van der Waals surface area contributed by atoms with Gasteiger partial charge in [0.2, 0.25) is 0 Å². The van der Waals surface area contributed by atoms with Crippen LogP contribution in [0.1, 0.15) is 22.5 Å². The largest absolute Gasteiger partial charge is 0.332 e. The summed E-state index contributed by atoms with van der Waals surface area (Å²) in [5, 5.41) is 22.0. The third-order valence-electron chi connectivity index (χ3n) is 4.39. The van der Waals surface area contributed by atoms with E-state index in [1.807, 2.05) is 18.5 Å². The molecule has 3 rings (SSSR count). The molecular formula is C20H21N5O2S. The van der Waals surface area contributed by atoms with Crippen molar-refractivity contribution >= 4 is 34.4 Å². The number of nitrogens with one attached hydrogen (secondary N) is 2. The van der Waals surface area contributed by atoms with Gasteiger partial charge in [-0.15, -0.1) is 0 Å². The van der Waals surface area contributed by atoms with Crippen molar-refractivity contribution in [2.45, 2.75) is 27.3 Å². The van der Waals surface area contributed by atoms with Crippen LogP contribution in [0.3, 0.4) is 0 Å². The zero-order chi connectivity index (χ0) is 20.3. The van der Waals surface area contributed by atoms with E-state index in [0.29, 0.717) is 17.3 Å². The lowest BCUT2D eigenvalue weighted by Gasteiger charge is -2.11. The molecule has 2 N–H and O–H groups in total. The fourth-order valence-electron chi connectivity index (χ4n) is 2.87. The number of nitro benzene ring substituents is 1. The van der Waals surface area contributed by atoms with Crippen molar-refractivity contribution in [3.05, 3.63) is 81.2 Å². The van der Waals surface area contributed by atoms with Crippen LogP contribution in [0.2, 0.25) is 0 Å². The lowest BCUT2D eigenvalue weighted by atomic mass is 10.1. The van der Waals surface area contributed by atoms with Gasteiger partial charge in [-0.3, -0.25) is 14.8 Å². The summed E-state index contributed by atoms with van der Waals surface area (Å²) < 4.78 is 1.93. The topological polar surface area (TPSA) is 85.0 Å². The van der Waals surface area contributed by atoms with Crippen molar-refractivity contribution in [2.75, 3.05) is 10.6 Å². The van der Waals surface area contributed by atoms with Crippen LogP contribution in [0.4, 0.5) is 17.1 Å². The van der Waals surface area contributed by atoms with E-state index in [9.17, 15) is 10.1 Å². The van der Waals surface area contributed by atoms with E-state index in [2.05, 4.69) is 46.9 Å². The second kappa shape index (κ2) is 8.18. The third kappa shape index (κ3) is 4.52. The first-order chi connectivity index (χ1) is 13.3. The predicted octanol–water partition coefficient (Wildman–Crippen LogP) is 4.57. The lowest BCUT2D eigenvalue weighted by molar-refractivity contribution is -0.384. The van der Waals surface area contributed by atoms with Gasteiger partial charge in [-0.2, -0.15) is 5.10 Å². The number of nitro groups is 1. The number of hydrogen-bond acceptors (Lipinski definition) is 4. The Morgan fingerprint density at radius 3 is 2.54 bits per heavy atom. The van der Waals surface area contributed by atoms with Gasteiger partial charge in [0, 0.05) is 17.8 Å². The number of anilines is 2. The highest BCUT2D eigenvalue weighted by Gasteiger charge is 2.14. The molecular weight excluding hydrogens is 374 g/mol. The van der Waals surface area contributed by atoms with Crippen LogP contribution in [0.5, 0.6) is 0 Å². The zero-order valence-corrected chi connectivity index (χ0v) is 16.7. The van der Waals surface area contributed by atoms with Crippen molar-refractivity contribution in [1.29, 1.82) is 0 Å². The normalized spacial score (nSPS) is 10.5. The summed E-state index contributed by atoms with van der Waals surface area (Å²) in [6.07, 6.45) is 0. The number of benzene rings is 2. The standard InChI is InChI=1S/C20H21N5O2S/c1-13-7-9-16(10-8-13)12-24-15(3)19(14(2)23-24)22-20(28)21-17-5-4-6-18(11-17)25(26)27/h4-11H,12H2,1-3H3,(H2,21,22,28). The molecule has 0 spiro atoms. The van der Waals surface area contributed by atoms with Crippen LogP contribution < -0.4 is 10.6 Å². The minimum absolute atomic E-state index is 0.00563. The molecule has 2 aromatic carbocycles. The second-order valence-electron chi connectivity index (χ2n) is 6.58. The molecule has 144 valence electrons. The van der Waals surface area contributed by atoms with Crippen molar-refractivity contribution in [1.82, 2.24) is 9.78 Å². The molecule has 7 nitrogen and oxygen atoms in total. The number of rotatable bonds is 5. The molecule has 0 atom stereocenters. The molecule has 8 heteroatoms. The minimum atomic E-state index is -0.439. The Balaban J connectivity index is 1.72. The Hall–Kier alpha value is -3.26. The highest BCUT2D eigenvalue weighted by Crippen LogP contribution is 2.22. The van der Waals surface area contributed by atoms with E-state index in [4.69, 9.17) is 12.2 Å². The molecule has 3 aromatic rings. The van der Waals surface area contributed by atoms with Crippen LogP contribution in [-0.4, -0.2) is 19.8 Å². The van der Waals surface area contributed by atoms with Crippen molar-refractivity contribution in [2.24, 2.45) is 0 Å². The summed E-state index contributed by atoms with van der Waals surface area (Å²) in [5.41, 5.74) is 5.56. The molecule has 0 bridgehead atoms. The Labute approximate surface area is 168 Å². The van der Waals surface area contributed by atoms with Crippen molar-refractivity contribution in [3.63, 3.8) is 0 Å². The summed E-state index contributed by atoms with van der Waals surface area (Å²) >= 11 is 5.37. The first-order valence-electron chi connectivity index (χ1n) is 8.75. The first kappa shape index (κ1) is 19.5. The van der Waals surface area contributed by atoms with Crippen molar-refractivity contribution < 1.29 is 4.92 Å². The molecule has 0 unspecified atom stereocenters. The van der Waals surface area contributed by atoms with Gasteiger partial charge in [-0.05, 0) is 44.6 Å². The first-order valence-corrected chi connectivity index (χ1v) is 9.16. The molecule has 28 heavy (non-hydrogen) atoms. The Bertz CT molecular complexity index is 1030. The average molecular weight is 395 g/mol. The summed E-state index contributed by atoms with van der Waals surface area (Å²) in [7, 11) is 0. The maximum Gasteiger partial charge on any atom is 0.271 e. The van der Waals surface area contributed by atoms with Crippen LogP contribution >= 0.6 is 12.2 Å². The molecule has 0 aliphatic carbocycles. The summed E-state index contributed by atoms with van der Waals surface area (Å²) in [5.74, 6) is 0. The number of thiocarbonyl (C=S) groups is 1. The van der Waals surface area contributed by atoms with Crippen LogP contribution in [0, 0.1) is 30.9 Å². The van der Waals surface area contributed by atoms with E-state index >= 15 is 0 Å². The van der Waals surface area contributed by atoms with Gasteiger partial charge in [0.25, 0.3) is 5.69 Å². The van der Waals surface area contributed by atoms with E-state index in [1.54, 1.807) is 12.1 Å². The monoisotopic (exact) mass is 395 g/mol. The molecule has 0 amide bonds. The second-order valence-corrected chi connectivity index (χ2v) is 6.98. The number of aryl methyl sites for hydroxylation is 2. The number of non-ortho nitro benzene ring substituents is 1. The fourth-order valence-corrected chi connectivity index (χ4v) is 3.09. The molecule has 0 aliphatic rings. The van der Waals surface area contributed by atoms with Gasteiger partial charge in [0.05, 0.1) is 28.5 Å². The van der Waals surface area contributed by atoms with Crippen LogP contribution in [-0.2, 0) is 6.54 Å². The molecule has 1 heterocycles. The quantitative estimate of drug-likeness (QED) is 0.374. The van der Waals surface area contributed by atoms with E-state index < -0.39 is 4.92 Å². The van der Waals surface area contributed by atoms with Gasteiger partial charge < -0.3 is 10.6 Å². The molecule has 1 aromatic heterocycles. The van der Waals surface area contributed by atoms with Crippen LogP contribution in [0.15, 0.2) is 48.5 Å². The number of hydrogen-bond donors (Lipinski definition) is 2. The summed E-state index contributed by atoms with van der Waals surface area (Å²) in [6.45, 7) is 6.62. The van der Waals surface area contributed by atoms with Gasteiger partial charge >= 0.3 is 0 Å². The Morgan fingerprint density at radius 1 is 1.14 bits per heavy atom. The lowest BCUT2D eigenvalue weighted by Crippen LogP contribution is -2.20. The Morgan fingerprint density at radius 2 is 1.86 bits per heavy atom. The number of nitrogens with zero attached hydrogens (tertiary/aromatic N) is 3. The van der Waals surface area contributed by atoms with Crippen molar-refractivity contribution in [3.8, 4) is 0 Å². The van der Waals surface area contributed by atoms with Gasteiger partial charge in [0.15, 0.2) is 5.11 Å². The molecule has 0 saturated heterocycles. The molecule has 0 radical (unpaired) electrons. The van der Waals surface area contributed by atoms with E-state index in [0.717, 1.165) is 17.1 Å². The Kier molecular flexibility index (Phi) is 5.70. The van der Waals surface area contributed by atoms with E-state index in [-0.39, 0.29) is 5.69 Å². The zero-order valence-electron chi connectivity index (χ0n) is 15.9. The highest BCUT2D eigenvalue weighted by molar-refractivity contribution is 7.80. The molecule has 0 fully saturated rings. The average Bonchev–Trinajstić information content (AvgIpc) is 2.91. The smallest absolute Gasteiger partial charge is 0.271 e. The van der Waals surface area contributed by atoms with Gasteiger partial charge in [-0.1, -0.05) is 35.9 Å². The summed E-state index contributed by atoms with van der Waals surface area (Å²) in [6, 6.07) is 14.6. The number of aromatic nitrogens is 2. The van der Waals surface area contributed by atoms with E-state index in [1.165, 1.54) is 23.3 Å². The SMILES string of the molecule is Cc1ccc(Cn2nc(C)c(NC(=S)Nc3cccc([N+](=O)[O-])c3)c2C)cc1. The highest BCUT2D eigenvalue weighted by atomic mass is 32.1. The maximum atomic E-state index is 10.9. The minimum Gasteiger partial charge on any atom is -0.332 e. The molecule has 0 saturated carbocycles. The summed E-state index contributed by atoms with van der Waals surface area (Å²) in [4.78, 5) is 10.5. The van der Waals surface area contributed by atoms with Crippen LogP contribution in [0.25, 0.3) is 0 Å². The molecule has 0 aliphatic heterocycles. The third-order valence-corrected chi connectivity index (χ3v) is 4.59. The van der Waals surface area contributed by atoms with Gasteiger partial charge in [0.1, 0.15) is 0 Å². The maximum absolute atomic E-state index is 10.9. The van der Waals surface area contributed by atoms with Gasteiger partial charge in [-0.25, -0.2) is 0 Å². The predicted molar refractivity (Wildman–Crippen MR) is 115 cm³/mol.